The quantitative estimate of drug-likeness (QED) is 0.520. The number of hydrogen-bond acceptors (Lipinski definition) is 4. The smallest absolute Gasteiger partial charge is 0.232 e. The Morgan fingerprint density at radius 3 is 2.62 bits per heavy atom. The molecule has 29 heavy (non-hydrogen) atoms. The van der Waals surface area contributed by atoms with Crippen molar-refractivity contribution in [1.82, 2.24) is 5.32 Å². The number of aryl methyl sites for hydroxylation is 1. The fraction of sp³-hybridized carbons (Fsp3) is 0.350. The lowest BCUT2D eigenvalue weighted by Crippen LogP contribution is -2.33. The van der Waals surface area contributed by atoms with Gasteiger partial charge in [0.25, 0.3) is 0 Å². The van der Waals surface area contributed by atoms with Crippen molar-refractivity contribution >= 4 is 37.5 Å². The van der Waals surface area contributed by atoms with Gasteiger partial charge >= 0.3 is 0 Å². The number of hydrogen-bond donors (Lipinski definition) is 1. The molecule has 0 atom stereocenters. The van der Waals surface area contributed by atoms with Gasteiger partial charge in [-0.05, 0) is 43.2 Å². The third kappa shape index (κ3) is 7.32. The van der Waals surface area contributed by atoms with Crippen LogP contribution in [0.5, 0.6) is 5.75 Å². The van der Waals surface area contributed by atoms with Crippen molar-refractivity contribution in [3.63, 3.8) is 0 Å². The molecule has 0 heterocycles. The van der Waals surface area contributed by atoms with E-state index in [1.54, 1.807) is 6.07 Å². The van der Waals surface area contributed by atoms with Gasteiger partial charge in [-0.2, -0.15) is 0 Å². The summed E-state index contributed by atoms with van der Waals surface area (Å²) < 4.78 is 45.4. The van der Waals surface area contributed by atoms with Gasteiger partial charge in [0, 0.05) is 17.4 Å². The first kappa shape index (κ1) is 23.2. The van der Waals surface area contributed by atoms with Gasteiger partial charge in [-0.25, -0.2) is 12.8 Å². The van der Waals surface area contributed by atoms with E-state index < -0.39 is 15.8 Å². The minimum atomic E-state index is -3.68. The molecule has 2 rings (SSSR count). The minimum absolute atomic E-state index is 0.00448. The van der Waals surface area contributed by atoms with Crippen LogP contribution in [0.4, 0.5) is 10.1 Å². The van der Waals surface area contributed by atoms with E-state index in [0.29, 0.717) is 17.6 Å². The molecule has 158 valence electrons. The van der Waals surface area contributed by atoms with Crippen molar-refractivity contribution in [2.75, 3.05) is 30.3 Å². The van der Waals surface area contributed by atoms with E-state index in [0.717, 1.165) is 21.9 Å². The molecule has 0 bridgehead atoms. The van der Waals surface area contributed by atoms with Gasteiger partial charge in [0.1, 0.15) is 18.2 Å². The lowest BCUT2D eigenvalue weighted by Gasteiger charge is -2.23. The Hall–Kier alpha value is -2.13. The van der Waals surface area contributed by atoms with Gasteiger partial charge in [0.2, 0.25) is 15.9 Å². The van der Waals surface area contributed by atoms with E-state index in [1.807, 2.05) is 31.2 Å². The molecule has 6 nitrogen and oxygen atoms in total. The molecule has 0 aromatic heterocycles. The van der Waals surface area contributed by atoms with Crippen LogP contribution in [0.1, 0.15) is 18.4 Å². The third-order valence-electron chi connectivity index (χ3n) is 4.12. The van der Waals surface area contributed by atoms with Crippen LogP contribution in [0, 0.1) is 12.7 Å². The van der Waals surface area contributed by atoms with Crippen LogP contribution >= 0.6 is 15.9 Å². The normalized spacial score (nSPS) is 11.2. The van der Waals surface area contributed by atoms with Crippen LogP contribution in [-0.4, -0.2) is 40.3 Å². The molecule has 0 aliphatic rings. The van der Waals surface area contributed by atoms with Crippen LogP contribution in [0.2, 0.25) is 0 Å². The summed E-state index contributed by atoms with van der Waals surface area (Å²) in [5.74, 6) is -0.104. The lowest BCUT2D eigenvalue weighted by atomic mass is 10.2. The Morgan fingerprint density at radius 1 is 1.24 bits per heavy atom. The average Bonchev–Trinajstić information content (AvgIpc) is 2.63. The second kappa shape index (κ2) is 10.6. The summed E-state index contributed by atoms with van der Waals surface area (Å²) >= 11 is 3.15. The van der Waals surface area contributed by atoms with Crippen molar-refractivity contribution in [2.45, 2.75) is 19.8 Å². The molecule has 0 radical (unpaired) electrons. The summed E-state index contributed by atoms with van der Waals surface area (Å²) in [7, 11) is -3.68. The molecular formula is C20H24BrFN2O4S. The zero-order valence-electron chi connectivity index (χ0n) is 16.3. The number of rotatable bonds is 10. The van der Waals surface area contributed by atoms with Crippen LogP contribution < -0.4 is 14.4 Å². The highest BCUT2D eigenvalue weighted by Gasteiger charge is 2.21. The maximum Gasteiger partial charge on any atom is 0.232 e. The summed E-state index contributed by atoms with van der Waals surface area (Å²) in [5.41, 5.74) is 0.975. The lowest BCUT2D eigenvalue weighted by molar-refractivity contribution is -0.121. The molecule has 0 fully saturated rings. The summed E-state index contributed by atoms with van der Waals surface area (Å²) in [6, 6.07) is 11.8. The Morgan fingerprint density at radius 2 is 1.97 bits per heavy atom. The van der Waals surface area contributed by atoms with Crippen LogP contribution in [0.3, 0.4) is 0 Å². The first-order valence-corrected chi connectivity index (χ1v) is 11.7. The monoisotopic (exact) mass is 486 g/mol. The maximum absolute atomic E-state index is 14.2. The standard InChI is InChI=1S/C20H24BrFN2O4S/c1-15-6-3-4-7-19(15)28-13-11-23-20(25)8-5-12-24(29(2,26)27)18-10-9-16(21)14-17(18)22/h3-4,6-7,9-10,14H,5,8,11-13H2,1-2H3,(H,23,25). The van der Waals surface area contributed by atoms with Crippen LogP contribution in [0.25, 0.3) is 0 Å². The zero-order chi connectivity index (χ0) is 21.4. The van der Waals surface area contributed by atoms with Gasteiger partial charge in [-0.15, -0.1) is 0 Å². The van der Waals surface area contributed by atoms with E-state index in [2.05, 4.69) is 21.2 Å². The Bertz CT molecular complexity index is 953. The predicted octanol–water partition coefficient (Wildman–Crippen LogP) is 3.64. The number of carbonyl (C=O) groups excluding carboxylic acids is 1. The summed E-state index contributed by atoms with van der Waals surface area (Å²) in [4.78, 5) is 12.0. The molecule has 9 heteroatoms. The highest BCUT2D eigenvalue weighted by molar-refractivity contribution is 9.10. The highest BCUT2D eigenvalue weighted by Crippen LogP contribution is 2.25. The van der Waals surface area contributed by atoms with Gasteiger partial charge in [-0.1, -0.05) is 34.1 Å². The fourth-order valence-electron chi connectivity index (χ4n) is 2.69. The predicted molar refractivity (Wildman–Crippen MR) is 115 cm³/mol. The molecule has 0 spiro atoms. The van der Waals surface area contributed by atoms with Crippen LogP contribution in [-0.2, 0) is 14.8 Å². The molecule has 1 amide bonds. The average molecular weight is 487 g/mol. The number of carbonyl (C=O) groups is 1. The number of nitrogens with zero attached hydrogens (tertiary/aromatic N) is 1. The van der Waals surface area contributed by atoms with Crippen LogP contribution in [0.15, 0.2) is 46.9 Å². The van der Waals surface area contributed by atoms with Crippen molar-refractivity contribution in [3.05, 3.63) is 58.3 Å². The molecule has 0 saturated heterocycles. The fourth-order valence-corrected chi connectivity index (χ4v) is 3.99. The second-order valence-corrected chi connectivity index (χ2v) is 9.32. The van der Waals surface area contributed by atoms with Gasteiger partial charge in [0.05, 0.1) is 18.5 Å². The topological polar surface area (TPSA) is 75.7 Å². The number of benzene rings is 2. The highest BCUT2D eigenvalue weighted by atomic mass is 79.9. The Balaban J connectivity index is 1.80. The molecule has 2 aromatic rings. The van der Waals surface area contributed by atoms with Gasteiger partial charge < -0.3 is 10.1 Å². The van der Waals surface area contributed by atoms with E-state index in [-0.39, 0.29) is 31.0 Å². The molecular weight excluding hydrogens is 463 g/mol. The SMILES string of the molecule is Cc1ccccc1OCCNC(=O)CCCN(c1ccc(Br)cc1F)S(C)(=O)=O. The first-order chi connectivity index (χ1) is 13.7. The molecule has 0 unspecified atom stereocenters. The van der Waals surface area contributed by atoms with E-state index in [1.165, 1.54) is 12.1 Å². The molecule has 0 aliphatic carbocycles. The van der Waals surface area contributed by atoms with Gasteiger partial charge in [-0.3, -0.25) is 9.10 Å². The van der Waals surface area contributed by atoms with Crippen molar-refractivity contribution in [2.24, 2.45) is 0 Å². The van der Waals surface area contributed by atoms with E-state index in [4.69, 9.17) is 4.74 Å². The van der Waals surface area contributed by atoms with E-state index in [9.17, 15) is 17.6 Å². The number of para-hydroxylation sites is 1. The summed E-state index contributed by atoms with van der Waals surface area (Å²) in [5, 5.41) is 2.73. The first-order valence-electron chi connectivity index (χ1n) is 9.06. The number of nitrogens with one attached hydrogen (secondary N) is 1. The summed E-state index contributed by atoms with van der Waals surface area (Å²) in [6.45, 7) is 2.61. The molecule has 2 aromatic carbocycles. The minimum Gasteiger partial charge on any atom is -0.491 e. The van der Waals surface area contributed by atoms with Crippen molar-refractivity contribution < 1.29 is 22.3 Å². The molecule has 1 N–H and O–H groups in total. The maximum atomic E-state index is 14.2. The number of ether oxygens (including phenoxy) is 1. The number of sulfonamides is 1. The summed E-state index contributed by atoms with van der Waals surface area (Å²) in [6.07, 6.45) is 1.39. The largest absolute Gasteiger partial charge is 0.491 e. The molecule has 0 saturated carbocycles. The Labute approximate surface area is 179 Å². The second-order valence-electron chi connectivity index (χ2n) is 6.50. The van der Waals surface area contributed by atoms with Crippen molar-refractivity contribution in [3.8, 4) is 5.75 Å². The molecule has 0 aliphatic heterocycles. The number of amides is 1. The number of anilines is 1. The van der Waals surface area contributed by atoms with Gasteiger partial charge in [0.15, 0.2) is 0 Å². The van der Waals surface area contributed by atoms with Crippen molar-refractivity contribution in [1.29, 1.82) is 0 Å². The third-order valence-corrected chi connectivity index (χ3v) is 5.79. The zero-order valence-corrected chi connectivity index (χ0v) is 18.7. The van der Waals surface area contributed by atoms with E-state index >= 15 is 0 Å². The number of halogens is 2. The Kier molecular flexibility index (Phi) is 8.45.